The summed E-state index contributed by atoms with van der Waals surface area (Å²) in [5.41, 5.74) is 4.44. The number of Topliss-reactive ketones (excluding diaryl/α,β-unsaturated/α-hetero) is 2. The lowest BCUT2D eigenvalue weighted by Gasteiger charge is -2.42. The topological polar surface area (TPSA) is 37.4 Å². The molecule has 2 aliphatic carbocycles. The Kier molecular flexibility index (Phi) is 4.25. The fourth-order valence-electron chi connectivity index (χ4n) is 4.40. The molecular weight excluding hydrogens is 357 g/mol. The van der Waals surface area contributed by atoms with Crippen LogP contribution in [0.3, 0.4) is 0 Å². The SMILES string of the molecule is CN1C2=C(C(=O)CCC2)C(c2ccc(Cl)cc2Cl)C2=C1CCCC2=O. The Bertz CT molecular complexity index is 809. The Balaban J connectivity index is 1.98. The fourth-order valence-corrected chi connectivity index (χ4v) is 4.92. The highest BCUT2D eigenvalue weighted by atomic mass is 35.5. The van der Waals surface area contributed by atoms with Crippen LogP contribution in [0.2, 0.25) is 10.0 Å². The maximum absolute atomic E-state index is 12.8. The molecule has 0 amide bonds. The molecule has 130 valence electrons. The average molecular weight is 376 g/mol. The summed E-state index contributed by atoms with van der Waals surface area (Å²) in [7, 11) is 1.99. The molecule has 0 radical (unpaired) electrons. The minimum absolute atomic E-state index is 0.133. The minimum atomic E-state index is -0.355. The van der Waals surface area contributed by atoms with E-state index in [0.29, 0.717) is 22.9 Å². The molecule has 5 heteroatoms. The van der Waals surface area contributed by atoms with Gasteiger partial charge in [0, 0.05) is 58.4 Å². The van der Waals surface area contributed by atoms with Crippen molar-refractivity contribution in [3.8, 4) is 0 Å². The standard InChI is InChI=1S/C20H19Cl2NO2/c1-23-14-4-2-6-16(24)19(14)18(12-9-8-11(21)10-13(12)22)20-15(23)5-3-7-17(20)25/h8-10,18H,2-7H2,1H3. The molecule has 1 heterocycles. The van der Waals surface area contributed by atoms with Crippen molar-refractivity contribution in [1.29, 1.82) is 0 Å². The van der Waals surface area contributed by atoms with Gasteiger partial charge in [-0.15, -0.1) is 0 Å². The normalized spacial score (nSPS) is 21.6. The van der Waals surface area contributed by atoms with Gasteiger partial charge >= 0.3 is 0 Å². The first-order valence-electron chi connectivity index (χ1n) is 8.70. The lowest BCUT2D eigenvalue weighted by molar-refractivity contribution is -0.117. The third kappa shape index (κ3) is 2.65. The van der Waals surface area contributed by atoms with Gasteiger partial charge < -0.3 is 4.90 Å². The zero-order valence-corrected chi connectivity index (χ0v) is 15.6. The van der Waals surface area contributed by atoms with Gasteiger partial charge in [-0.3, -0.25) is 9.59 Å². The van der Waals surface area contributed by atoms with Crippen molar-refractivity contribution in [2.24, 2.45) is 0 Å². The van der Waals surface area contributed by atoms with Crippen LogP contribution < -0.4 is 0 Å². The van der Waals surface area contributed by atoms with Crippen molar-refractivity contribution < 1.29 is 9.59 Å². The molecule has 1 aromatic carbocycles. The van der Waals surface area contributed by atoms with Crippen LogP contribution in [0.15, 0.2) is 40.7 Å². The monoisotopic (exact) mass is 375 g/mol. The summed E-state index contributed by atoms with van der Waals surface area (Å²) in [5.74, 6) is -0.0883. The van der Waals surface area contributed by atoms with Crippen LogP contribution in [0.4, 0.5) is 0 Å². The smallest absolute Gasteiger partial charge is 0.161 e. The molecule has 0 atom stereocenters. The van der Waals surface area contributed by atoms with E-state index in [9.17, 15) is 9.59 Å². The number of ketones is 2. The van der Waals surface area contributed by atoms with E-state index in [0.717, 1.165) is 53.8 Å². The van der Waals surface area contributed by atoms with Crippen LogP contribution in [-0.4, -0.2) is 23.5 Å². The van der Waals surface area contributed by atoms with Crippen LogP contribution in [0.5, 0.6) is 0 Å². The molecule has 0 spiro atoms. The molecule has 25 heavy (non-hydrogen) atoms. The van der Waals surface area contributed by atoms with Gasteiger partial charge in [0.15, 0.2) is 11.6 Å². The van der Waals surface area contributed by atoms with Crippen molar-refractivity contribution in [2.75, 3.05) is 7.05 Å². The van der Waals surface area contributed by atoms with Gasteiger partial charge in [-0.05, 0) is 43.4 Å². The van der Waals surface area contributed by atoms with Gasteiger partial charge in [0.25, 0.3) is 0 Å². The first-order chi connectivity index (χ1) is 12.0. The number of allylic oxidation sites excluding steroid dienone is 4. The number of carbonyl (C=O) groups excluding carboxylic acids is 2. The number of rotatable bonds is 1. The number of carbonyl (C=O) groups is 2. The predicted molar refractivity (Wildman–Crippen MR) is 98.7 cm³/mol. The number of hydrogen-bond acceptors (Lipinski definition) is 3. The van der Waals surface area contributed by atoms with Crippen molar-refractivity contribution in [2.45, 2.75) is 44.4 Å². The molecule has 4 rings (SSSR count). The maximum Gasteiger partial charge on any atom is 0.161 e. The molecule has 0 saturated heterocycles. The fraction of sp³-hybridized carbons (Fsp3) is 0.400. The Morgan fingerprint density at radius 1 is 0.920 bits per heavy atom. The molecule has 0 fully saturated rings. The summed E-state index contributed by atoms with van der Waals surface area (Å²) in [6, 6.07) is 5.33. The second-order valence-electron chi connectivity index (χ2n) is 6.93. The molecule has 0 saturated carbocycles. The van der Waals surface area contributed by atoms with E-state index in [1.807, 2.05) is 13.1 Å². The zero-order chi connectivity index (χ0) is 17.7. The van der Waals surface area contributed by atoms with E-state index >= 15 is 0 Å². The first-order valence-corrected chi connectivity index (χ1v) is 9.45. The lowest BCUT2D eigenvalue weighted by Crippen LogP contribution is -2.37. The number of hydrogen-bond donors (Lipinski definition) is 0. The van der Waals surface area contributed by atoms with Crippen molar-refractivity contribution in [3.63, 3.8) is 0 Å². The predicted octanol–water partition coefficient (Wildman–Crippen LogP) is 5.04. The Morgan fingerprint density at radius 2 is 1.48 bits per heavy atom. The van der Waals surface area contributed by atoms with E-state index in [1.165, 1.54) is 0 Å². The Hall–Kier alpha value is -1.58. The molecule has 0 unspecified atom stereocenters. The van der Waals surface area contributed by atoms with E-state index in [2.05, 4.69) is 4.90 Å². The third-order valence-electron chi connectivity index (χ3n) is 5.52. The highest BCUT2D eigenvalue weighted by molar-refractivity contribution is 6.35. The molecule has 1 aliphatic heterocycles. The van der Waals surface area contributed by atoms with Crippen LogP contribution in [-0.2, 0) is 9.59 Å². The first kappa shape index (κ1) is 16.9. The van der Waals surface area contributed by atoms with Crippen LogP contribution >= 0.6 is 23.2 Å². The van der Waals surface area contributed by atoms with Gasteiger partial charge in [-0.25, -0.2) is 0 Å². The van der Waals surface area contributed by atoms with E-state index in [1.54, 1.807) is 12.1 Å². The summed E-state index contributed by atoms with van der Waals surface area (Å²) >= 11 is 12.6. The highest BCUT2D eigenvalue weighted by Crippen LogP contribution is 2.49. The van der Waals surface area contributed by atoms with Gasteiger partial charge in [0.2, 0.25) is 0 Å². The molecular formula is C20H19Cl2NO2. The van der Waals surface area contributed by atoms with Gasteiger partial charge in [-0.1, -0.05) is 29.3 Å². The average Bonchev–Trinajstić information content (AvgIpc) is 2.57. The van der Waals surface area contributed by atoms with E-state index in [-0.39, 0.29) is 17.5 Å². The van der Waals surface area contributed by atoms with Crippen LogP contribution in [0, 0.1) is 0 Å². The minimum Gasteiger partial charge on any atom is -0.351 e. The largest absolute Gasteiger partial charge is 0.351 e. The molecule has 1 aromatic rings. The maximum atomic E-state index is 12.8. The Morgan fingerprint density at radius 3 is 2.00 bits per heavy atom. The summed E-state index contributed by atoms with van der Waals surface area (Å²) in [6.45, 7) is 0. The summed E-state index contributed by atoms with van der Waals surface area (Å²) < 4.78 is 0. The molecule has 0 bridgehead atoms. The summed E-state index contributed by atoms with van der Waals surface area (Å²) in [5, 5.41) is 1.06. The van der Waals surface area contributed by atoms with E-state index in [4.69, 9.17) is 23.2 Å². The quantitative estimate of drug-likeness (QED) is 0.689. The molecule has 0 N–H and O–H groups in total. The van der Waals surface area contributed by atoms with Gasteiger partial charge in [0.1, 0.15) is 0 Å². The second-order valence-corrected chi connectivity index (χ2v) is 7.78. The Labute approximate surface area is 157 Å². The molecule has 0 aromatic heterocycles. The van der Waals surface area contributed by atoms with Crippen molar-refractivity contribution in [3.05, 3.63) is 56.3 Å². The lowest BCUT2D eigenvalue weighted by atomic mass is 9.71. The third-order valence-corrected chi connectivity index (χ3v) is 6.08. The summed E-state index contributed by atoms with van der Waals surface area (Å²) in [4.78, 5) is 27.8. The number of benzene rings is 1. The van der Waals surface area contributed by atoms with Gasteiger partial charge in [-0.2, -0.15) is 0 Å². The summed E-state index contributed by atoms with van der Waals surface area (Å²) in [6.07, 6.45) is 4.52. The van der Waals surface area contributed by atoms with Crippen LogP contribution in [0.1, 0.15) is 50.0 Å². The van der Waals surface area contributed by atoms with Crippen molar-refractivity contribution in [1.82, 2.24) is 4.90 Å². The zero-order valence-electron chi connectivity index (χ0n) is 14.1. The number of halogens is 2. The highest BCUT2D eigenvalue weighted by Gasteiger charge is 2.42. The molecule has 3 nitrogen and oxygen atoms in total. The van der Waals surface area contributed by atoms with Crippen molar-refractivity contribution >= 4 is 34.8 Å². The second kappa shape index (κ2) is 6.30. The molecule has 3 aliphatic rings. The van der Waals surface area contributed by atoms with Gasteiger partial charge in [0.05, 0.1) is 0 Å². The number of nitrogens with zero attached hydrogens (tertiary/aromatic N) is 1. The van der Waals surface area contributed by atoms with Crippen LogP contribution in [0.25, 0.3) is 0 Å². The van der Waals surface area contributed by atoms with E-state index < -0.39 is 0 Å².